The molecule has 5 atom stereocenters. The van der Waals surface area contributed by atoms with Crippen LogP contribution in [0.3, 0.4) is 0 Å². The van der Waals surface area contributed by atoms with Crippen LogP contribution in [0.25, 0.3) is 10.4 Å². The molecule has 2 bridgehead atoms. The summed E-state index contributed by atoms with van der Waals surface area (Å²) in [6.07, 6.45) is 3.31. The number of carbonyl (C=O) groups is 1. The molecule has 2 aliphatic carbocycles. The summed E-state index contributed by atoms with van der Waals surface area (Å²) in [5.41, 5.74) is 8.84. The van der Waals surface area contributed by atoms with Gasteiger partial charge in [0.15, 0.2) is 0 Å². The number of fused-ring (bicyclic) bond motifs is 1. The summed E-state index contributed by atoms with van der Waals surface area (Å²) in [7, 11) is -3.75. The van der Waals surface area contributed by atoms with Gasteiger partial charge in [-0.25, -0.2) is 12.7 Å². The monoisotopic (exact) mass is 483 g/mol. The minimum atomic E-state index is -3.75. The highest BCUT2D eigenvalue weighted by Crippen LogP contribution is 2.60. The molecule has 3 unspecified atom stereocenters. The molecule has 12 heteroatoms. The molecule has 3 fully saturated rings. The Balaban J connectivity index is 1.64. The van der Waals surface area contributed by atoms with Crippen LogP contribution >= 0.6 is 15.9 Å². The van der Waals surface area contributed by atoms with E-state index < -0.39 is 31.7 Å². The Kier molecular flexibility index (Phi) is 4.83. The topological polar surface area (TPSA) is 146 Å². The lowest BCUT2D eigenvalue weighted by atomic mass is 9.81. The zero-order valence-corrected chi connectivity index (χ0v) is 17.6. The van der Waals surface area contributed by atoms with Gasteiger partial charge in [-0.15, -0.1) is 0 Å². The van der Waals surface area contributed by atoms with Crippen molar-refractivity contribution in [1.29, 1.82) is 0 Å². The first-order chi connectivity index (χ1) is 13.7. The van der Waals surface area contributed by atoms with Gasteiger partial charge in [-0.1, -0.05) is 33.2 Å². The summed E-state index contributed by atoms with van der Waals surface area (Å²) in [6.45, 7) is 0. The van der Waals surface area contributed by atoms with E-state index in [0.29, 0.717) is 17.9 Å². The first-order valence-electron chi connectivity index (χ1n) is 9.17. The Morgan fingerprint density at radius 1 is 1.41 bits per heavy atom. The predicted molar refractivity (Wildman–Crippen MR) is 107 cm³/mol. The van der Waals surface area contributed by atoms with Crippen LogP contribution in [0.15, 0.2) is 29.4 Å². The smallest absolute Gasteiger partial charge is 0.269 e. The Bertz CT molecular complexity index is 1030. The minimum Gasteiger partial charge on any atom is -0.272 e. The van der Waals surface area contributed by atoms with Crippen molar-refractivity contribution in [2.24, 2.45) is 16.4 Å². The minimum absolute atomic E-state index is 0.0175. The molecule has 3 aliphatic rings. The van der Waals surface area contributed by atoms with Gasteiger partial charge in [0.25, 0.3) is 11.6 Å². The fourth-order valence-corrected chi connectivity index (χ4v) is 8.40. The number of carbonyl (C=O) groups excluding carboxylic acids is 1. The molecule has 0 radical (unpaired) electrons. The van der Waals surface area contributed by atoms with Crippen LogP contribution in [0.4, 0.5) is 5.69 Å². The van der Waals surface area contributed by atoms with Crippen LogP contribution in [-0.2, 0) is 14.8 Å². The maximum absolute atomic E-state index is 13.2. The number of alkyl halides is 1. The van der Waals surface area contributed by atoms with Gasteiger partial charge in [-0.05, 0) is 42.7 Å². The second-order valence-electron chi connectivity index (χ2n) is 8.01. The molecule has 0 aromatic heterocycles. The first kappa shape index (κ1) is 20.1. The highest BCUT2D eigenvalue weighted by atomic mass is 79.9. The lowest BCUT2D eigenvalue weighted by Crippen LogP contribution is -2.46. The normalized spacial score (nSPS) is 31.0. The van der Waals surface area contributed by atoms with Gasteiger partial charge >= 0.3 is 0 Å². The van der Waals surface area contributed by atoms with Crippen molar-refractivity contribution in [2.75, 3.05) is 5.75 Å². The molecule has 29 heavy (non-hydrogen) atoms. The number of non-ortho nitro benzene ring substituents is 1. The van der Waals surface area contributed by atoms with E-state index in [1.165, 1.54) is 24.3 Å². The molecule has 1 aliphatic heterocycles. The van der Waals surface area contributed by atoms with Gasteiger partial charge < -0.3 is 0 Å². The third-order valence-corrected chi connectivity index (χ3v) is 9.28. The molecule has 0 N–H and O–H groups in total. The number of hydrogen-bond donors (Lipinski definition) is 0. The average molecular weight is 484 g/mol. The summed E-state index contributed by atoms with van der Waals surface area (Å²) >= 11 is 3.25. The van der Waals surface area contributed by atoms with Crippen molar-refractivity contribution >= 4 is 37.5 Å². The molecule has 1 aromatic rings. The maximum Gasteiger partial charge on any atom is 0.269 e. The van der Waals surface area contributed by atoms with E-state index in [9.17, 15) is 23.3 Å². The van der Waals surface area contributed by atoms with Crippen molar-refractivity contribution in [2.45, 2.75) is 42.6 Å². The van der Waals surface area contributed by atoms with Crippen molar-refractivity contribution in [3.63, 3.8) is 0 Å². The number of halogens is 1. The lowest BCUT2D eigenvalue weighted by Gasteiger charge is -2.32. The van der Waals surface area contributed by atoms with Crippen molar-refractivity contribution in [3.8, 4) is 0 Å². The molecule has 10 nitrogen and oxygen atoms in total. The maximum atomic E-state index is 13.2. The number of amides is 1. The van der Waals surface area contributed by atoms with Crippen molar-refractivity contribution < 1.29 is 18.1 Å². The summed E-state index contributed by atoms with van der Waals surface area (Å²) in [4.78, 5) is 25.2. The molecule has 2 saturated carbocycles. The van der Waals surface area contributed by atoms with Crippen LogP contribution in [0.1, 0.15) is 37.3 Å². The number of nitro benzene ring substituents is 1. The van der Waals surface area contributed by atoms with Gasteiger partial charge in [0, 0.05) is 22.5 Å². The molecule has 1 heterocycles. The van der Waals surface area contributed by atoms with Crippen LogP contribution in [-0.4, -0.2) is 40.2 Å². The number of azide groups is 1. The van der Waals surface area contributed by atoms with Gasteiger partial charge in [0.2, 0.25) is 10.0 Å². The van der Waals surface area contributed by atoms with Crippen LogP contribution in [0, 0.1) is 21.4 Å². The third-order valence-electron chi connectivity index (χ3n) is 6.41. The predicted octanol–water partition coefficient (Wildman–Crippen LogP) is 3.44. The highest BCUT2D eigenvalue weighted by molar-refractivity contribution is 9.10. The third kappa shape index (κ3) is 3.19. The number of nitrogens with zero attached hydrogens (tertiary/aromatic N) is 5. The molecular weight excluding hydrogens is 466 g/mol. The van der Waals surface area contributed by atoms with Gasteiger partial charge in [0.1, 0.15) is 4.83 Å². The number of nitro groups is 1. The standard InChI is InChI=1S/C17H18BrN5O5S/c18-14(15(20-21-19)11-1-3-12(4-2-11)23(25)26)16(24)22-13-7-10-5-6-17(13,8-10)9-29(22,27)28/h1-4,10,13-15H,5-9H2/t10?,13?,14-,15-,17?/m1/s1. The lowest BCUT2D eigenvalue weighted by molar-refractivity contribution is -0.384. The molecule has 4 rings (SSSR count). The zero-order chi connectivity index (χ0) is 21.0. The molecule has 1 saturated heterocycles. The largest absolute Gasteiger partial charge is 0.272 e. The summed E-state index contributed by atoms with van der Waals surface area (Å²) in [6, 6.07) is 3.90. The molecule has 1 aromatic carbocycles. The van der Waals surface area contributed by atoms with Gasteiger partial charge in [-0.3, -0.25) is 14.9 Å². The summed E-state index contributed by atoms with van der Waals surface area (Å²) < 4.78 is 26.7. The Morgan fingerprint density at radius 2 is 2.10 bits per heavy atom. The zero-order valence-electron chi connectivity index (χ0n) is 15.2. The molecule has 1 spiro atoms. The number of rotatable bonds is 5. The average Bonchev–Trinajstić information content (AvgIpc) is 3.28. The van der Waals surface area contributed by atoms with E-state index in [0.717, 1.165) is 23.6 Å². The van der Waals surface area contributed by atoms with E-state index in [4.69, 9.17) is 5.53 Å². The second kappa shape index (κ2) is 6.96. The molecule has 154 valence electrons. The second-order valence-corrected chi connectivity index (χ2v) is 10.8. The van der Waals surface area contributed by atoms with Gasteiger partial charge in [0.05, 0.1) is 22.8 Å². The fraction of sp³-hybridized carbons (Fsp3) is 0.588. The summed E-state index contributed by atoms with van der Waals surface area (Å²) in [5, 5.41) is 14.5. The van der Waals surface area contributed by atoms with Gasteiger partial charge in [-0.2, -0.15) is 0 Å². The van der Waals surface area contributed by atoms with Crippen LogP contribution in [0.2, 0.25) is 0 Å². The highest BCUT2D eigenvalue weighted by Gasteiger charge is 2.64. The van der Waals surface area contributed by atoms with Crippen LogP contribution in [0.5, 0.6) is 0 Å². The number of hydrogen-bond acceptors (Lipinski definition) is 6. The molecule has 1 amide bonds. The van der Waals surface area contributed by atoms with E-state index in [1.54, 1.807) is 0 Å². The van der Waals surface area contributed by atoms with E-state index in [2.05, 4.69) is 26.0 Å². The molecular formula is C17H18BrN5O5S. The quantitative estimate of drug-likeness (QED) is 0.157. The van der Waals surface area contributed by atoms with Crippen molar-refractivity contribution in [3.05, 3.63) is 50.4 Å². The Labute approximate surface area is 175 Å². The Morgan fingerprint density at radius 3 is 2.69 bits per heavy atom. The van der Waals surface area contributed by atoms with E-state index in [1.807, 2.05) is 0 Å². The van der Waals surface area contributed by atoms with Crippen molar-refractivity contribution in [1.82, 2.24) is 4.31 Å². The SMILES string of the molecule is [N-]=[N+]=N[C@H](c1ccc([N+](=O)[O-])cc1)[C@@H](Br)C(=O)N1C2CC3CCC2(C3)CS1(=O)=O. The Hall–Kier alpha value is -2.17. The summed E-state index contributed by atoms with van der Waals surface area (Å²) in [5.74, 6) is -0.228. The fourth-order valence-electron chi connectivity index (χ4n) is 5.23. The number of benzene rings is 1. The number of sulfonamides is 1. The first-order valence-corrected chi connectivity index (χ1v) is 11.7. The van der Waals surface area contributed by atoms with E-state index >= 15 is 0 Å². The van der Waals surface area contributed by atoms with Crippen LogP contribution < -0.4 is 0 Å². The van der Waals surface area contributed by atoms with E-state index in [-0.39, 0.29) is 22.9 Å².